The minimum atomic E-state index is -0.732. The van der Waals surface area contributed by atoms with Crippen LogP contribution in [-0.2, 0) is 11.2 Å². The second kappa shape index (κ2) is 5.66. The lowest BCUT2D eigenvalue weighted by Gasteiger charge is -2.02. The van der Waals surface area contributed by atoms with Crippen LogP contribution in [0.4, 0.5) is 0 Å². The van der Waals surface area contributed by atoms with Gasteiger partial charge in [0.25, 0.3) is 0 Å². The van der Waals surface area contributed by atoms with Crippen molar-refractivity contribution in [3.05, 3.63) is 34.9 Å². The molecule has 0 heterocycles. The van der Waals surface area contributed by atoms with E-state index in [2.05, 4.69) is 0 Å². The summed E-state index contributed by atoms with van der Waals surface area (Å²) in [5.41, 5.74) is 1.10. The Morgan fingerprint density at radius 3 is 2.64 bits per heavy atom. The highest BCUT2D eigenvalue weighted by Gasteiger charge is 2.00. The smallest absolute Gasteiger partial charge is 0.303 e. The van der Waals surface area contributed by atoms with Crippen LogP contribution in [0.1, 0.15) is 24.8 Å². The number of benzene rings is 1. The molecule has 0 atom stereocenters. The van der Waals surface area contributed by atoms with E-state index >= 15 is 0 Å². The average molecular weight is 213 g/mol. The van der Waals surface area contributed by atoms with E-state index in [1.54, 1.807) is 0 Å². The van der Waals surface area contributed by atoms with Crippen LogP contribution in [0.5, 0.6) is 0 Å². The van der Waals surface area contributed by atoms with Crippen molar-refractivity contribution in [2.45, 2.75) is 25.7 Å². The van der Waals surface area contributed by atoms with E-state index in [0.29, 0.717) is 6.42 Å². The number of hydrogen-bond acceptors (Lipinski definition) is 1. The lowest BCUT2D eigenvalue weighted by Crippen LogP contribution is -1.95. The number of carboxylic acid groups (broad SMARTS) is 1. The fraction of sp³-hybridized carbons (Fsp3) is 0.364. The first-order chi connectivity index (χ1) is 6.70. The third-order valence-electron chi connectivity index (χ3n) is 2.04. The Morgan fingerprint density at radius 1 is 1.29 bits per heavy atom. The zero-order valence-corrected chi connectivity index (χ0v) is 8.63. The standard InChI is InChI=1S/C11H13ClO2/c12-10-7-3-1-5-9(10)6-2-4-8-11(13)14/h1,3,5,7H,2,4,6,8H2,(H,13,14). The number of carbonyl (C=O) groups is 1. The molecular weight excluding hydrogens is 200 g/mol. The molecule has 0 bridgehead atoms. The van der Waals surface area contributed by atoms with Crippen LogP contribution >= 0.6 is 11.6 Å². The first-order valence-corrected chi connectivity index (χ1v) is 5.03. The van der Waals surface area contributed by atoms with Crippen molar-refractivity contribution in [1.29, 1.82) is 0 Å². The summed E-state index contributed by atoms with van der Waals surface area (Å²) in [4.78, 5) is 10.3. The van der Waals surface area contributed by atoms with Gasteiger partial charge < -0.3 is 5.11 Å². The Bertz CT molecular complexity index is 310. The van der Waals surface area contributed by atoms with Gasteiger partial charge in [0.05, 0.1) is 0 Å². The molecule has 14 heavy (non-hydrogen) atoms. The number of halogens is 1. The Labute approximate surface area is 88.5 Å². The van der Waals surface area contributed by atoms with Gasteiger partial charge in [0, 0.05) is 11.4 Å². The number of rotatable bonds is 5. The number of carboxylic acids is 1. The molecule has 0 aliphatic carbocycles. The fourth-order valence-corrected chi connectivity index (χ4v) is 1.52. The largest absolute Gasteiger partial charge is 0.481 e. The predicted molar refractivity (Wildman–Crippen MR) is 56.6 cm³/mol. The van der Waals surface area contributed by atoms with Crippen molar-refractivity contribution in [1.82, 2.24) is 0 Å². The second-order valence-corrected chi connectivity index (χ2v) is 3.60. The summed E-state index contributed by atoms with van der Waals surface area (Å²) in [6.45, 7) is 0. The van der Waals surface area contributed by atoms with Crippen molar-refractivity contribution < 1.29 is 9.90 Å². The van der Waals surface area contributed by atoms with E-state index in [0.717, 1.165) is 23.4 Å². The van der Waals surface area contributed by atoms with Crippen molar-refractivity contribution in [2.24, 2.45) is 0 Å². The van der Waals surface area contributed by atoms with Crippen LogP contribution in [0.2, 0.25) is 5.02 Å². The third-order valence-corrected chi connectivity index (χ3v) is 2.41. The minimum Gasteiger partial charge on any atom is -0.481 e. The van der Waals surface area contributed by atoms with Crippen molar-refractivity contribution in [3.63, 3.8) is 0 Å². The molecule has 0 fully saturated rings. The molecule has 2 nitrogen and oxygen atoms in total. The molecule has 0 saturated heterocycles. The molecule has 0 amide bonds. The quantitative estimate of drug-likeness (QED) is 0.762. The first kappa shape index (κ1) is 11.1. The van der Waals surface area contributed by atoms with E-state index in [1.807, 2.05) is 24.3 Å². The molecule has 3 heteroatoms. The van der Waals surface area contributed by atoms with Gasteiger partial charge >= 0.3 is 5.97 Å². The van der Waals surface area contributed by atoms with Gasteiger partial charge in [-0.3, -0.25) is 4.79 Å². The summed E-state index contributed by atoms with van der Waals surface area (Å²) in [5, 5.41) is 9.21. The highest BCUT2D eigenvalue weighted by molar-refractivity contribution is 6.31. The normalized spacial score (nSPS) is 10.1. The van der Waals surface area contributed by atoms with Gasteiger partial charge in [-0.1, -0.05) is 29.8 Å². The monoisotopic (exact) mass is 212 g/mol. The summed E-state index contributed by atoms with van der Waals surface area (Å²) < 4.78 is 0. The summed E-state index contributed by atoms with van der Waals surface area (Å²) in [7, 11) is 0. The lowest BCUT2D eigenvalue weighted by molar-refractivity contribution is -0.137. The number of aliphatic carboxylic acids is 1. The van der Waals surface area contributed by atoms with Gasteiger partial charge in [0.1, 0.15) is 0 Å². The van der Waals surface area contributed by atoms with E-state index in [-0.39, 0.29) is 6.42 Å². The summed E-state index contributed by atoms with van der Waals surface area (Å²) >= 11 is 5.95. The second-order valence-electron chi connectivity index (χ2n) is 3.19. The maximum atomic E-state index is 10.3. The van der Waals surface area contributed by atoms with Crippen LogP contribution in [0.15, 0.2) is 24.3 Å². The predicted octanol–water partition coefficient (Wildman–Crippen LogP) is 3.14. The molecule has 1 aromatic rings. The zero-order valence-electron chi connectivity index (χ0n) is 7.87. The fourth-order valence-electron chi connectivity index (χ4n) is 1.29. The topological polar surface area (TPSA) is 37.3 Å². The van der Waals surface area contributed by atoms with Crippen molar-refractivity contribution >= 4 is 17.6 Å². The van der Waals surface area contributed by atoms with Gasteiger partial charge in [-0.25, -0.2) is 0 Å². The van der Waals surface area contributed by atoms with Crippen LogP contribution in [0.25, 0.3) is 0 Å². The maximum Gasteiger partial charge on any atom is 0.303 e. The van der Waals surface area contributed by atoms with E-state index < -0.39 is 5.97 Å². The molecule has 0 aromatic heterocycles. The molecule has 0 radical (unpaired) electrons. The highest BCUT2D eigenvalue weighted by atomic mass is 35.5. The highest BCUT2D eigenvalue weighted by Crippen LogP contribution is 2.17. The lowest BCUT2D eigenvalue weighted by atomic mass is 10.1. The third kappa shape index (κ3) is 3.79. The SMILES string of the molecule is O=C(O)CCCCc1ccccc1Cl. The van der Waals surface area contributed by atoms with E-state index in [1.165, 1.54) is 0 Å². The summed E-state index contributed by atoms with van der Waals surface area (Å²) in [5.74, 6) is -0.732. The summed E-state index contributed by atoms with van der Waals surface area (Å²) in [6, 6.07) is 7.67. The molecule has 0 aliphatic rings. The van der Waals surface area contributed by atoms with E-state index in [9.17, 15) is 4.79 Å². The minimum absolute atomic E-state index is 0.241. The van der Waals surface area contributed by atoms with Gasteiger partial charge in [-0.2, -0.15) is 0 Å². The van der Waals surface area contributed by atoms with Gasteiger partial charge in [-0.05, 0) is 30.9 Å². The average Bonchev–Trinajstić information content (AvgIpc) is 2.15. The molecule has 0 unspecified atom stereocenters. The molecule has 0 spiro atoms. The Morgan fingerprint density at radius 2 is 2.00 bits per heavy atom. The van der Waals surface area contributed by atoms with Crippen LogP contribution < -0.4 is 0 Å². The molecular formula is C11H13ClO2. The molecule has 76 valence electrons. The van der Waals surface area contributed by atoms with Crippen LogP contribution in [0, 0.1) is 0 Å². The Hall–Kier alpha value is -1.02. The molecule has 0 aliphatic heterocycles. The number of unbranched alkanes of at least 4 members (excludes halogenated alkanes) is 1. The first-order valence-electron chi connectivity index (χ1n) is 4.65. The van der Waals surface area contributed by atoms with Gasteiger partial charge in [0.2, 0.25) is 0 Å². The molecule has 0 saturated carbocycles. The Balaban J connectivity index is 2.31. The zero-order chi connectivity index (χ0) is 10.4. The van der Waals surface area contributed by atoms with Crippen molar-refractivity contribution in [2.75, 3.05) is 0 Å². The van der Waals surface area contributed by atoms with Gasteiger partial charge in [0.15, 0.2) is 0 Å². The van der Waals surface area contributed by atoms with Crippen LogP contribution in [0.3, 0.4) is 0 Å². The number of hydrogen-bond donors (Lipinski definition) is 1. The van der Waals surface area contributed by atoms with E-state index in [4.69, 9.17) is 16.7 Å². The Kier molecular flexibility index (Phi) is 4.47. The van der Waals surface area contributed by atoms with Crippen molar-refractivity contribution in [3.8, 4) is 0 Å². The van der Waals surface area contributed by atoms with Gasteiger partial charge in [-0.15, -0.1) is 0 Å². The summed E-state index contributed by atoms with van der Waals surface area (Å²) in [6.07, 6.45) is 2.67. The maximum absolute atomic E-state index is 10.3. The molecule has 1 aromatic carbocycles. The molecule has 1 N–H and O–H groups in total. The molecule has 1 rings (SSSR count). The number of aryl methyl sites for hydroxylation is 1. The van der Waals surface area contributed by atoms with Crippen LogP contribution in [-0.4, -0.2) is 11.1 Å².